The SMILES string of the molecule is CS[C@@H]1C[C@@H](C(=O)O)N(C(=O)CNC(=O)c2ccc3c(c2)-c2ccccc2C3(F)F)C1. The highest BCUT2D eigenvalue weighted by Gasteiger charge is 2.44. The molecule has 0 aromatic heterocycles. The minimum Gasteiger partial charge on any atom is -0.480 e. The van der Waals surface area contributed by atoms with Gasteiger partial charge in [0.05, 0.1) is 6.54 Å². The molecule has 1 fully saturated rings. The molecular weight excluding hydrogens is 426 g/mol. The number of benzene rings is 2. The van der Waals surface area contributed by atoms with Gasteiger partial charge in [-0.25, -0.2) is 4.79 Å². The lowest BCUT2D eigenvalue weighted by Gasteiger charge is -2.21. The summed E-state index contributed by atoms with van der Waals surface area (Å²) in [6.07, 6.45) is 2.21. The number of fused-ring (bicyclic) bond motifs is 3. The highest BCUT2D eigenvalue weighted by atomic mass is 32.2. The second-order valence-electron chi connectivity index (χ2n) is 7.56. The van der Waals surface area contributed by atoms with Gasteiger partial charge >= 0.3 is 5.97 Å². The molecule has 2 aromatic carbocycles. The lowest BCUT2D eigenvalue weighted by molar-refractivity contribution is -0.147. The zero-order valence-electron chi connectivity index (χ0n) is 16.6. The van der Waals surface area contributed by atoms with Gasteiger partial charge in [-0.05, 0) is 35.9 Å². The Morgan fingerprint density at radius 2 is 1.87 bits per heavy atom. The minimum atomic E-state index is -3.13. The van der Waals surface area contributed by atoms with Crippen LogP contribution >= 0.6 is 11.8 Å². The zero-order valence-corrected chi connectivity index (χ0v) is 17.4. The molecule has 31 heavy (non-hydrogen) atoms. The largest absolute Gasteiger partial charge is 0.480 e. The van der Waals surface area contributed by atoms with Crippen molar-refractivity contribution in [1.29, 1.82) is 0 Å². The van der Waals surface area contributed by atoms with Crippen LogP contribution in [0.1, 0.15) is 27.9 Å². The Morgan fingerprint density at radius 3 is 2.58 bits per heavy atom. The average molecular weight is 446 g/mol. The van der Waals surface area contributed by atoms with E-state index in [4.69, 9.17) is 0 Å². The number of carboxylic acid groups (broad SMARTS) is 1. The third-order valence-corrected chi connectivity index (χ3v) is 6.79. The summed E-state index contributed by atoms with van der Waals surface area (Å²) in [5, 5.41) is 11.9. The molecule has 0 saturated carbocycles. The van der Waals surface area contributed by atoms with Crippen molar-refractivity contribution < 1.29 is 28.3 Å². The second-order valence-corrected chi connectivity index (χ2v) is 8.69. The molecule has 0 unspecified atom stereocenters. The van der Waals surface area contributed by atoms with Crippen LogP contribution in [0.5, 0.6) is 0 Å². The molecule has 1 heterocycles. The maximum Gasteiger partial charge on any atom is 0.326 e. The van der Waals surface area contributed by atoms with Crippen molar-refractivity contribution in [3.05, 3.63) is 59.2 Å². The number of aliphatic carboxylic acids is 1. The zero-order chi connectivity index (χ0) is 22.3. The van der Waals surface area contributed by atoms with Crippen molar-refractivity contribution in [2.45, 2.75) is 23.6 Å². The molecule has 9 heteroatoms. The van der Waals surface area contributed by atoms with Crippen LogP contribution < -0.4 is 5.32 Å². The van der Waals surface area contributed by atoms with Gasteiger partial charge in [-0.1, -0.05) is 30.3 Å². The van der Waals surface area contributed by atoms with E-state index < -0.39 is 29.7 Å². The van der Waals surface area contributed by atoms with Crippen molar-refractivity contribution in [2.75, 3.05) is 19.3 Å². The summed E-state index contributed by atoms with van der Waals surface area (Å²) in [6, 6.07) is 9.17. The number of carbonyl (C=O) groups is 3. The molecule has 2 aliphatic rings. The number of amides is 2. The summed E-state index contributed by atoms with van der Waals surface area (Å²) < 4.78 is 29.3. The van der Waals surface area contributed by atoms with Crippen LogP contribution in [0.15, 0.2) is 42.5 Å². The number of likely N-dealkylation sites (tertiary alicyclic amines) is 1. The number of hydrogen-bond donors (Lipinski definition) is 2. The van der Waals surface area contributed by atoms with Crippen molar-refractivity contribution in [3.8, 4) is 11.1 Å². The summed E-state index contributed by atoms with van der Waals surface area (Å²) in [6.45, 7) is -0.0644. The molecule has 6 nitrogen and oxygen atoms in total. The van der Waals surface area contributed by atoms with Gasteiger partial charge in [0.25, 0.3) is 11.8 Å². The van der Waals surface area contributed by atoms with Crippen LogP contribution in [0.3, 0.4) is 0 Å². The molecular formula is C22H20F2N2O4S. The number of thioether (sulfide) groups is 1. The Hall–Kier alpha value is -2.94. The number of nitrogens with one attached hydrogen (secondary N) is 1. The summed E-state index contributed by atoms with van der Waals surface area (Å²) in [7, 11) is 0. The predicted octanol–water partition coefficient (Wildman–Crippen LogP) is 2.95. The van der Waals surface area contributed by atoms with Gasteiger partial charge in [0, 0.05) is 28.5 Å². The van der Waals surface area contributed by atoms with E-state index in [0.29, 0.717) is 18.5 Å². The highest BCUT2D eigenvalue weighted by Crippen LogP contribution is 2.50. The quantitative estimate of drug-likeness (QED) is 0.738. The fourth-order valence-corrected chi connectivity index (χ4v) is 4.84. The van der Waals surface area contributed by atoms with E-state index in [1.165, 1.54) is 40.9 Å². The van der Waals surface area contributed by atoms with Gasteiger partial charge < -0.3 is 15.3 Å². The molecule has 2 amide bonds. The van der Waals surface area contributed by atoms with E-state index in [1.807, 2.05) is 6.26 Å². The maximum absolute atomic E-state index is 14.7. The number of alkyl halides is 2. The molecule has 0 spiro atoms. The number of rotatable bonds is 5. The standard InChI is InChI=1S/C22H20F2N2O4S/c1-31-13-9-18(21(29)30)26(11-13)19(27)10-25-20(28)12-6-7-17-15(8-12)14-4-2-3-5-16(14)22(17,23)24/h2-8,13,18H,9-11H2,1H3,(H,25,28)(H,29,30)/t13-,18+/m1/s1. The molecule has 1 aliphatic carbocycles. The Morgan fingerprint density at radius 1 is 1.16 bits per heavy atom. The molecule has 0 radical (unpaired) electrons. The summed E-state index contributed by atoms with van der Waals surface area (Å²) in [5.74, 6) is -5.28. The van der Waals surface area contributed by atoms with Gasteiger partial charge in [0.1, 0.15) is 6.04 Å². The minimum absolute atomic E-state index is 0.0270. The smallest absolute Gasteiger partial charge is 0.326 e. The number of hydrogen-bond acceptors (Lipinski definition) is 4. The van der Waals surface area contributed by atoms with E-state index >= 15 is 0 Å². The normalized spacial score (nSPS) is 20.8. The number of nitrogens with zero attached hydrogens (tertiary/aromatic N) is 1. The predicted molar refractivity (Wildman–Crippen MR) is 112 cm³/mol. The Balaban J connectivity index is 1.49. The van der Waals surface area contributed by atoms with Crippen LogP contribution in [-0.2, 0) is 15.5 Å². The third-order valence-electron chi connectivity index (χ3n) is 5.78. The van der Waals surface area contributed by atoms with Crippen LogP contribution in [0.4, 0.5) is 8.78 Å². The fraction of sp³-hybridized carbons (Fsp3) is 0.318. The molecule has 0 bridgehead atoms. The number of carboxylic acids is 1. The van der Waals surface area contributed by atoms with Crippen molar-refractivity contribution in [1.82, 2.24) is 10.2 Å². The van der Waals surface area contributed by atoms with Crippen LogP contribution in [-0.4, -0.2) is 58.4 Å². The first-order valence-electron chi connectivity index (χ1n) is 9.69. The highest BCUT2D eigenvalue weighted by molar-refractivity contribution is 7.99. The Kier molecular flexibility index (Phi) is 5.47. The van der Waals surface area contributed by atoms with E-state index in [9.17, 15) is 28.3 Å². The van der Waals surface area contributed by atoms with Gasteiger partial charge in [0.2, 0.25) is 5.91 Å². The molecule has 1 saturated heterocycles. The van der Waals surface area contributed by atoms with Gasteiger partial charge in [0.15, 0.2) is 0 Å². The van der Waals surface area contributed by atoms with Crippen LogP contribution in [0.25, 0.3) is 11.1 Å². The van der Waals surface area contributed by atoms with E-state index in [2.05, 4.69) is 5.32 Å². The van der Waals surface area contributed by atoms with Crippen molar-refractivity contribution >= 4 is 29.5 Å². The number of halogens is 2. The van der Waals surface area contributed by atoms with Gasteiger partial charge in [-0.3, -0.25) is 9.59 Å². The topological polar surface area (TPSA) is 86.7 Å². The first-order chi connectivity index (χ1) is 14.7. The monoisotopic (exact) mass is 446 g/mol. The van der Waals surface area contributed by atoms with E-state index in [1.54, 1.807) is 18.2 Å². The second kappa shape index (κ2) is 7.96. The van der Waals surface area contributed by atoms with E-state index in [-0.39, 0.29) is 34.0 Å². The average Bonchev–Trinajstić information content (AvgIpc) is 3.30. The fourth-order valence-electron chi connectivity index (χ4n) is 4.16. The first-order valence-corrected chi connectivity index (χ1v) is 11.0. The molecule has 2 atom stereocenters. The molecule has 4 rings (SSSR count). The van der Waals surface area contributed by atoms with Crippen molar-refractivity contribution in [2.24, 2.45) is 0 Å². The Bertz CT molecular complexity index is 1080. The third kappa shape index (κ3) is 3.67. The van der Waals surface area contributed by atoms with Gasteiger partial charge in [-0.2, -0.15) is 20.5 Å². The summed E-state index contributed by atoms with van der Waals surface area (Å²) in [4.78, 5) is 37.8. The molecule has 2 aromatic rings. The lowest BCUT2D eigenvalue weighted by Crippen LogP contribution is -2.45. The number of carbonyl (C=O) groups excluding carboxylic acids is 2. The molecule has 2 N–H and O–H groups in total. The lowest BCUT2D eigenvalue weighted by atomic mass is 10.0. The van der Waals surface area contributed by atoms with Crippen molar-refractivity contribution in [3.63, 3.8) is 0 Å². The van der Waals surface area contributed by atoms with E-state index in [0.717, 1.165) is 0 Å². The Labute approximate surface area is 181 Å². The summed E-state index contributed by atoms with van der Waals surface area (Å²) >= 11 is 1.50. The first kappa shape index (κ1) is 21.3. The van der Waals surface area contributed by atoms with Gasteiger partial charge in [-0.15, -0.1) is 0 Å². The summed E-state index contributed by atoms with van der Waals surface area (Å²) in [5.41, 5.74) is 0.545. The molecule has 1 aliphatic heterocycles. The van der Waals surface area contributed by atoms with Crippen LogP contribution in [0, 0.1) is 0 Å². The maximum atomic E-state index is 14.7. The van der Waals surface area contributed by atoms with Crippen LogP contribution in [0.2, 0.25) is 0 Å². The molecule has 162 valence electrons.